The maximum atomic E-state index is 13.6. The largest absolute Gasteiger partial charge is 0.352 e. The molecular formula is C24H31BrN4O6S. The maximum Gasteiger partial charge on any atom is 0.271 e. The molecule has 2 atom stereocenters. The highest BCUT2D eigenvalue weighted by Gasteiger charge is 2.31. The van der Waals surface area contributed by atoms with Crippen molar-refractivity contribution in [1.82, 2.24) is 10.2 Å². The number of nitrogens with one attached hydrogen (secondary N) is 1. The summed E-state index contributed by atoms with van der Waals surface area (Å²) in [5.41, 5.74) is 0.904. The second kappa shape index (κ2) is 12.3. The fraction of sp³-hybridized carbons (Fsp3) is 0.417. The second-order valence-corrected chi connectivity index (χ2v) is 11.5. The number of carbonyl (C=O) groups excluding carboxylic acids is 2. The first kappa shape index (κ1) is 29.2. The van der Waals surface area contributed by atoms with Crippen LogP contribution in [0, 0.1) is 17.0 Å². The molecular weight excluding hydrogens is 552 g/mol. The van der Waals surface area contributed by atoms with E-state index in [-0.39, 0.29) is 29.9 Å². The summed E-state index contributed by atoms with van der Waals surface area (Å²) in [6.45, 7) is 6.38. The van der Waals surface area contributed by atoms with Crippen LogP contribution in [0.25, 0.3) is 0 Å². The van der Waals surface area contributed by atoms with Crippen molar-refractivity contribution in [1.29, 1.82) is 0 Å². The van der Waals surface area contributed by atoms with Crippen LogP contribution < -0.4 is 9.62 Å². The first-order valence-corrected chi connectivity index (χ1v) is 14.0. The minimum absolute atomic E-state index is 0.0270. The van der Waals surface area contributed by atoms with E-state index >= 15 is 0 Å². The summed E-state index contributed by atoms with van der Waals surface area (Å²) in [7, 11) is -4.00. The molecule has 196 valence electrons. The number of aryl methyl sites for hydroxylation is 1. The molecule has 2 aromatic carbocycles. The highest BCUT2D eigenvalue weighted by Crippen LogP contribution is 2.28. The van der Waals surface area contributed by atoms with Crippen molar-refractivity contribution in [2.24, 2.45) is 0 Å². The van der Waals surface area contributed by atoms with E-state index in [2.05, 4.69) is 21.2 Å². The van der Waals surface area contributed by atoms with Gasteiger partial charge in [-0.05, 0) is 50.5 Å². The van der Waals surface area contributed by atoms with E-state index in [9.17, 15) is 28.1 Å². The quantitative estimate of drug-likeness (QED) is 0.317. The Kier molecular flexibility index (Phi) is 10.00. The van der Waals surface area contributed by atoms with Crippen LogP contribution in [0.15, 0.2) is 46.9 Å². The second-order valence-electron chi connectivity index (χ2n) is 8.64. The average Bonchev–Trinajstić information content (AvgIpc) is 2.80. The molecule has 0 bridgehead atoms. The molecule has 0 heterocycles. The van der Waals surface area contributed by atoms with E-state index in [1.54, 1.807) is 32.0 Å². The molecule has 0 aliphatic rings. The standard InChI is InChI=1S/C24H31BrN4O6S/c1-6-17(3)26-24(31)18(4)27(14-19-8-7-9-20(25)12-19)23(30)15-28(36(5,34)35)22-13-21(29(32)33)11-10-16(22)2/h7-13,17-18H,6,14-15H2,1-5H3,(H,26,31)/t17-,18-/m0/s1. The molecule has 1 N–H and O–H groups in total. The lowest BCUT2D eigenvalue weighted by Crippen LogP contribution is -2.52. The number of hydrogen-bond acceptors (Lipinski definition) is 6. The van der Waals surface area contributed by atoms with Crippen LogP contribution in [-0.2, 0) is 26.2 Å². The first-order valence-electron chi connectivity index (χ1n) is 11.3. The van der Waals surface area contributed by atoms with Crippen molar-refractivity contribution in [2.75, 3.05) is 17.1 Å². The summed E-state index contributed by atoms with van der Waals surface area (Å²) in [6.07, 6.45) is 1.63. The summed E-state index contributed by atoms with van der Waals surface area (Å²) < 4.78 is 27.1. The smallest absolute Gasteiger partial charge is 0.271 e. The van der Waals surface area contributed by atoms with Crippen LogP contribution >= 0.6 is 15.9 Å². The van der Waals surface area contributed by atoms with Crippen LogP contribution in [-0.4, -0.2) is 54.9 Å². The minimum atomic E-state index is -4.00. The lowest BCUT2D eigenvalue weighted by molar-refractivity contribution is -0.384. The third-order valence-corrected chi connectivity index (χ3v) is 7.38. The Morgan fingerprint density at radius 2 is 1.83 bits per heavy atom. The summed E-state index contributed by atoms with van der Waals surface area (Å²) >= 11 is 3.40. The van der Waals surface area contributed by atoms with Crippen molar-refractivity contribution >= 4 is 49.1 Å². The normalized spacial score (nSPS) is 12.9. The zero-order valence-electron chi connectivity index (χ0n) is 20.9. The fourth-order valence-corrected chi connectivity index (χ4v) is 4.80. The molecule has 2 rings (SSSR count). The van der Waals surface area contributed by atoms with Crippen molar-refractivity contribution in [3.05, 3.63) is 68.2 Å². The maximum absolute atomic E-state index is 13.6. The molecule has 0 aromatic heterocycles. The molecule has 2 aromatic rings. The monoisotopic (exact) mass is 582 g/mol. The molecule has 10 nitrogen and oxygen atoms in total. The van der Waals surface area contributed by atoms with Gasteiger partial charge in [0.15, 0.2) is 0 Å². The van der Waals surface area contributed by atoms with Gasteiger partial charge in [0.1, 0.15) is 12.6 Å². The van der Waals surface area contributed by atoms with Crippen LogP contribution in [0.2, 0.25) is 0 Å². The number of anilines is 1. The number of carbonyl (C=O) groups is 2. The Labute approximate surface area is 220 Å². The van der Waals surface area contributed by atoms with Gasteiger partial charge in [-0.25, -0.2) is 8.42 Å². The molecule has 0 aliphatic heterocycles. The van der Waals surface area contributed by atoms with Gasteiger partial charge in [0.25, 0.3) is 5.69 Å². The molecule has 2 amide bonds. The summed E-state index contributed by atoms with van der Waals surface area (Å²) in [6, 6.07) is 10.0. The van der Waals surface area contributed by atoms with E-state index in [0.717, 1.165) is 26.7 Å². The topological polar surface area (TPSA) is 130 Å². The third kappa shape index (κ3) is 7.76. The summed E-state index contributed by atoms with van der Waals surface area (Å²) in [5.74, 6) is -0.997. The number of hydrogen-bond donors (Lipinski definition) is 1. The number of rotatable bonds is 11. The van der Waals surface area contributed by atoms with Gasteiger partial charge in [-0.15, -0.1) is 0 Å². The van der Waals surface area contributed by atoms with Crippen molar-refractivity contribution < 1.29 is 22.9 Å². The molecule has 12 heteroatoms. The molecule has 36 heavy (non-hydrogen) atoms. The Morgan fingerprint density at radius 3 is 2.39 bits per heavy atom. The molecule has 0 aliphatic carbocycles. The highest BCUT2D eigenvalue weighted by atomic mass is 79.9. The van der Waals surface area contributed by atoms with Crippen LogP contribution in [0.3, 0.4) is 0 Å². The highest BCUT2D eigenvalue weighted by molar-refractivity contribution is 9.10. The number of halogens is 1. The van der Waals surface area contributed by atoms with E-state index in [0.29, 0.717) is 12.0 Å². The Balaban J connectivity index is 2.48. The molecule has 0 saturated carbocycles. The molecule has 0 radical (unpaired) electrons. The van der Waals surface area contributed by atoms with E-state index in [1.807, 2.05) is 19.9 Å². The molecule has 0 unspecified atom stereocenters. The Hall–Kier alpha value is -2.99. The van der Waals surface area contributed by atoms with Gasteiger partial charge in [0, 0.05) is 29.2 Å². The fourth-order valence-electron chi connectivity index (χ4n) is 3.45. The Bertz CT molecular complexity index is 1240. The van der Waals surface area contributed by atoms with Gasteiger partial charge in [0.05, 0.1) is 16.9 Å². The lowest BCUT2D eigenvalue weighted by Gasteiger charge is -2.32. The molecule has 0 spiro atoms. The zero-order chi connectivity index (χ0) is 27.2. The minimum Gasteiger partial charge on any atom is -0.352 e. The number of nitrogens with zero attached hydrogens (tertiary/aromatic N) is 3. The van der Waals surface area contributed by atoms with Gasteiger partial charge in [-0.3, -0.25) is 24.0 Å². The van der Waals surface area contributed by atoms with Crippen LogP contribution in [0.4, 0.5) is 11.4 Å². The predicted molar refractivity (Wildman–Crippen MR) is 142 cm³/mol. The van der Waals surface area contributed by atoms with E-state index < -0.39 is 33.4 Å². The van der Waals surface area contributed by atoms with Crippen molar-refractivity contribution in [2.45, 2.75) is 52.7 Å². The zero-order valence-corrected chi connectivity index (χ0v) is 23.3. The number of nitro benzene ring substituents is 1. The van der Waals surface area contributed by atoms with Gasteiger partial charge < -0.3 is 10.2 Å². The first-order chi connectivity index (χ1) is 16.7. The Morgan fingerprint density at radius 1 is 1.17 bits per heavy atom. The van der Waals surface area contributed by atoms with Gasteiger partial charge in [-0.1, -0.05) is 41.1 Å². The molecule has 0 fully saturated rings. The van der Waals surface area contributed by atoms with E-state index in [4.69, 9.17) is 0 Å². The number of amides is 2. The van der Waals surface area contributed by atoms with E-state index in [1.165, 1.54) is 17.0 Å². The third-order valence-electron chi connectivity index (χ3n) is 5.76. The SMILES string of the molecule is CC[C@H](C)NC(=O)[C@H](C)N(Cc1cccc(Br)c1)C(=O)CN(c1cc([N+](=O)[O-])ccc1C)S(C)(=O)=O. The van der Waals surface area contributed by atoms with Crippen LogP contribution in [0.1, 0.15) is 38.3 Å². The molecule has 0 saturated heterocycles. The number of sulfonamides is 1. The summed E-state index contributed by atoms with van der Waals surface area (Å²) in [5, 5.41) is 14.1. The van der Waals surface area contributed by atoms with Crippen molar-refractivity contribution in [3.63, 3.8) is 0 Å². The number of nitro groups is 1. The number of non-ortho nitro benzene ring substituents is 1. The van der Waals surface area contributed by atoms with Gasteiger partial charge in [-0.2, -0.15) is 0 Å². The van der Waals surface area contributed by atoms with Crippen molar-refractivity contribution in [3.8, 4) is 0 Å². The number of benzene rings is 2. The van der Waals surface area contributed by atoms with Crippen LogP contribution in [0.5, 0.6) is 0 Å². The summed E-state index contributed by atoms with van der Waals surface area (Å²) in [4.78, 5) is 38.5. The lowest BCUT2D eigenvalue weighted by atomic mass is 10.1. The van der Waals surface area contributed by atoms with Gasteiger partial charge >= 0.3 is 0 Å². The van der Waals surface area contributed by atoms with Gasteiger partial charge in [0.2, 0.25) is 21.8 Å². The average molecular weight is 584 g/mol. The predicted octanol–water partition coefficient (Wildman–Crippen LogP) is 3.76.